The number of nitrogens with two attached hydrogens (primary N) is 1. The van der Waals surface area contributed by atoms with E-state index in [1.54, 1.807) is 6.07 Å². The standard InChI is InChI=1S/C16H25N3O2/c1-2-5-13-10-12(11-15(17)19-13)16(20)18-8-9-21-14-6-3-4-7-14/h10-11,14H,2-9H2,1H3,(H2,17,19)(H,18,20). The van der Waals surface area contributed by atoms with Gasteiger partial charge in [0.15, 0.2) is 0 Å². The van der Waals surface area contributed by atoms with E-state index < -0.39 is 0 Å². The third kappa shape index (κ3) is 5.01. The van der Waals surface area contributed by atoms with E-state index in [4.69, 9.17) is 10.5 Å². The van der Waals surface area contributed by atoms with Gasteiger partial charge in [0.1, 0.15) is 5.82 Å². The Labute approximate surface area is 126 Å². The molecule has 3 N–H and O–H groups in total. The lowest BCUT2D eigenvalue weighted by atomic mass is 10.1. The van der Waals surface area contributed by atoms with Crippen LogP contribution in [0.15, 0.2) is 12.1 Å². The molecule has 1 aromatic heterocycles. The number of hydrogen-bond acceptors (Lipinski definition) is 4. The lowest BCUT2D eigenvalue weighted by Gasteiger charge is -2.12. The summed E-state index contributed by atoms with van der Waals surface area (Å²) in [5, 5.41) is 2.87. The van der Waals surface area contributed by atoms with Crippen LogP contribution in [-0.2, 0) is 11.2 Å². The third-order valence-electron chi connectivity index (χ3n) is 3.71. The van der Waals surface area contributed by atoms with E-state index >= 15 is 0 Å². The van der Waals surface area contributed by atoms with Crippen molar-refractivity contribution in [2.45, 2.75) is 51.6 Å². The van der Waals surface area contributed by atoms with E-state index in [2.05, 4.69) is 17.2 Å². The first kappa shape index (κ1) is 15.8. The van der Waals surface area contributed by atoms with Crippen LogP contribution in [0.2, 0.25) is 0 Å². The summed E-state index contributed by atoms with van der Waals surface area (Å²) in [6.45, 7) is 3.17. The Bertz CT molecular complexity index is 471. The number of ether oxygens (including phenoxy) is 1. The van der Waals surface area contributed by atoms with E-state index in [1.807, 2.05) is 6.07 Å². The van der Waals surface area contributed by atoms with Crippen molar-refractivity contribution in [1.82, 2.24) is 10.3 Å². The molecule has 0 aliphatic heterocycles. The predicted octanol–water partition coefficient (Wildman–Crippen LogP) is 2.31. The van der Waals surface area contributed by atoms with Crippen LogP contribution in [0, 0.1) is 0 Å². The second-order valence-electron chi connectivity index (χ2n) is 5.56. The quantitative estimate of drug-likeness (QED) is 0.756. The average Bonchev–Trinajstić information content (AvgIpc) is 2.96. The molecule has 0 saturated heterocycles. The molecule has 2 rings (SSSR count). The van der Waals surface area contributed by atoms with Crippen molar-refractivity contribution in [2.75, 3.05) is 18.9 Å². The molecule has 0 unspecified atom stereocenters. The van der Waals surface area contributed by atoms with Gasteiger partial charge in [-0.25, -0.2) is 4.98 Å². The maximum Gasteiger partial charge on any atom is 0.251 e. The van der Waals surface area contributed by atoms with E-state index in [9.17, 15) is 4.79 Å². The normalized spacial score (nSPS) is 15.3. The van der Waals surface area contributed by atoms with E-state index in [0.717, 1.165) is 31.4 Å². The SMILES string of the molecule is CCCc1cc(C(=O)NCCOC2CCCC2)cc(N)n1. The molecule has 1 amide bonds. The number of rotatable bonds is 7. The summed E-state index contributed by atoms with van der Waals surface area (Å²) in [5.41, 5.74) is 7.19. The van der Waals surface area contributed by atoms with Crippen molar-refractivity contribution in [3.8, 4) is 0 Å². The van der Waals surface area contributed by atoms with E-state index in [-0.39, 0.29) is 5.91 Å². The average molecular weight is 291 g/mol. The number of nitrogens with one attached hydrogen (secondary N) is 1. The fourth-order valence-corrected chi connectivity index (χ4v) is 2.67. The Kier molecular flexibility index (Phi) is 5.99. The molecular weight excluding hydrogens is 266 g/mol. The fraction of sp³-hybridized carbons (Fsp3) is 0.625. The number of pyridine rings is 1. The zero-order chi connectivity index (χ0) is 15.1. The van der Waals surface area contributed by atoms with Crippen molar-refractivity contribution in [2.24, 2.45) is 0 Å². The molecule has 1 saturated carbocycles. The summed E-state index contributed by atoms with van der Waals surface area (Å²) < 4.78 is 5.72. The second-order valence-corrected chi connectivity index (χ2v) is 5.56. The first-order chi connectivity index (χ1) is 10.2. The minimum atomic E-state index is -0.114. The largest absolute Gasteiger partial charge is 0.384 e. The highest BCUT2D eigenvalue weighted by molar-refractivity contribution is 5.94. The fourth-order valence-electron chi connectivity index (χ4n) is 2.67. The Morgan fingerprint density at radius 3 is 2.90 bits per heavy atom. The van der Waals surface area contributed by atoms with Crippen LogP contribution in [0.5, 0.6) is 0 Å². The molecule has 0 radical (unpaired) electrons. The van der Waals surface area contributed by atoms with Crippen LogP contribution in [0.3, 0.4) is 0 Å². The maximum atomic E-state index is 12.1. The number of aromatic nitrogens is 1. The van der Waals surface area contributed by atoms with Crippen molar-refractivity contribution >= 4 is 11.7 Å². The van der Waals surface area contributed by atoms with Crippen molar-refractivity contribution in [1.29, 1.82) is 0 Å². The maximum absolute atomic E-state index is 12.1. The molecule has 1 aliphatic rings. The highest BCUT2D eigenvalue weighted by Gasteiger charge is 2.15. The van der Waals surface area contributed by atoms with E-state index in [1.165, 1.54) is 12.8 Å². The number of amides is 1. The van der Waals surface area contributed by atoms with Crippen molar-refractivity contribution < 1.29 is 9.53 Å². The van der Waals surface area contributed by atoms with Gasteiger partial charge in [0, 0.05) is 17.8 Å². The lowest BCUT2D eigenvalue weighted by molar-refractivity contribution is 0.0582. The van der Waals surface area contributed by atoms with Crippen LogP contribution < -0.4 is 11.1 Å². The third-order valence-corrected chi connectivity index (χ3v) is 3.71. The van der Waals surface area contributed by atoms with E-state index in [0.29, 0.717) is 30.6 Å². The van der Waals surface area contributed by atoms with Gasteiger partial charge in [-0.3, -0.25) is 4.79 Å². The lowest BCUT2D eigenvalue weighted by Crippen LogP contribution is -2.28. The Hall–Kier alpha value is -1.62. The Morgan fingerprint density at radius 1 is 1.43 bits per heavy atom. The molecule has 1 aromatic rings. The highest BCUT2D eigenvalue weighted by Crippen LogP contribution is 2.20. The molecule has 5 heteroatoms. The molecule has 0 bridgehead atoms. The van der Waals surface area contributed by atoms with Gasteiger partial charge in [-0.1, -0.05) is 26.2 Å². The summed E-state index contributed by atoms with van der Waals surface area (Å²) in [6, 6.07) is 3.43. The number of hydrogen-bond donors (Lipinski definition) is 2. The minimum absolute atomic E-state index is 0.114. The van der Waals surface area contributed by atoms with Gasteiger partial charge in [-0.05, 0) is 31.4 Å². The zero-order valence-electron chi connectivity index (χ0n) is 12.7. The topological polar surface area (TPSA) is 77.2 Å². The van der Waals surface area contributed by atoms with Gasteiger partial charge >= 0.3 is 0 Å². The predicted molar refractivity (Wildman–Crippen MR) is 83.2 cm³/mol. The second kappa shape index (κ2) is 7.98. The highest BCUT2D eigenvalue weighted by atomic mass is 16.5. The molecule has 1 heterocycles. The summed E-state index contributed by atoms with van der Waals surface area (Å²) >= 11 is 0. The van der Waals surface area contributed by atoms with Crippen molar-refractivity contribution in [3.63, 3.8) is 0 Å². The monoisotopic (exact) mass is 291 g/mol. The van der Waals surface area contributed by atoms with Crippen LogP contribution in [-0.4, -0.2) is 30.1 Å². The number of nitrogen functional groups attached to an aromatic ring is 1. The molecule has 0 spiro atoms. The van der Waals surface area contributed by atoms with Gasteiger partial charge in [0.2, 0.25) is 0 Å². The number of aryl methyl sites for hydroxylation is 1. The zero-order valence-corrected chi connectivity index (χ0v) is 12.7. The molecule has 0 atom stereocenters. The smallest absolute Gasteiger partial charge is 0.251 e. The summed E-state index contributed by atoms with van der Waals surface area (Å²) in [4.78, 5) is 16.3. The number of anilines is 1. The first-order valence-electron chi connectivity index (χ1n) is 7.85. The van der Waals surface area contributed by atoms with Crippen LogP contribution in [0.4, 0.5) is 5.82 Å². The molecular formula is C16H25N3O2. The van der Waals surface area contributed by atoms with Crippen LogP contribution in [0.25, 0.3) is 0 Å². The van der Waals surface area contributed by atoms with Crippen molar-refractivity contribution in [3.05, 3.63) is 23.4 Å². The molecule has 1 aliphatic carbocycles. The molecule has 1 fully saturated rings. The minimum Gasteiger partial charge on any atom is -0.384 e. The molecule has 0 aromatic carbocycles. The van der Waals surface area contributed by atoms with Gasteiger partial charge in [0.25, 0.3) is 5.91 Å². The number of carbonyl (C=O) groups is 1. The van der Waals surface area contributed by atoms with Gasteiger partial charge < -0.3 is 15.8 Å². The summed E-state index contributed by atoms with van der Waals surface area (Å²) in [7, 11) is 0. The van der Waals surface area contributed by atoms with Crippen LogP contribution >= 0.6 is 0 Å². The van der Waals surface area contributed by atoms with Gasteiger partial charge in [-0.2, -0.15) is 0 Å². The van der Waals surface area contributed by atoms with Gasteiger partial charge in [0.05, 0.1) is 12.7 Å². The Morgan fingerprint density at radius 2 is 2.19 bits per heavy atom. The molecule has 5 nitrogen and oxygen atoms in total. The van der Waals surface area contributed by atoms with Crippen LogP contribution in [0.1, 0.15) is 55.1 Å². The summed E-state index contributed by atoms with van der Waals surface area (Å²) in [6.07, 6.45) is 7.00. The first-order valence-corrected chi connectivity index (χ1v) is 7.85. The Balaban J connectivity index is 1.79. The molecule has 116 valence electrons. The molecule has 21 heavy (non-hydrogen) atoms. The summed E-state index contributed by atoms with van der Waals surface area (Å²) in [5.74, 6) is 0.282. The number of nitrogens with zero attached hydrogens (tertiary/aromatic N) is 1. The number of carbonyl (C=O) groups excluding carboxylic acids is 1. The van der Waals surface area contributed by atoms with Gasteiger partial charge in [-0.15, -0.1) is 0 Å².